The lowest BCUT2D eigenvalue weighted by Crippen LogP contribution is -2.46. The van der Waals surface area contributed by atoms with Gasteiger partial charge in [-0.3, -0.25) is 9.59 Å². The molecule has 0 atom stereocenters. The molecule has 5 heteroatoms. The number of nitrogens with zero attached hydrogens (tertiary/aromatic N) is 1. The first kappa shape index (κ1) is 14.3. The van der Waals surface area contributed by atoms with Crippen molar-refractivity contribution in [2.24, 2.45) is 17.4 Å². The summed E-state index contributed by atoms with van der Waals surface area (Å²) in [5, 5.41) is 0. The standard InChI is InChI=1S/C14H25N3O2/c15-12(18)9-11-3-7-17(8-4-11)13(19)10-14(16)5-1-2-6-14/h11H,1-10,16H2,(H2,15,18). The number of likely N-dealkylation sites (tertiary alicyclic amines) is 1. The van der Waals surface area contributed by atoms with Crippen molar-refractivity contribution in [3.63, 3.8) is 0 Å². The predicted molar refractivity (Wildman–Crippen MR) is 73.1 cm³/mol. The zero-order valence-corrected chi connectivity index (χ0v) is 11.6. The maximum absolute atomic E-state index is 12.2. The fourth-order valence-corrected chi connectivity index (χ4v) is 3.34. The number of piperidine rings is 1. The minimum Gasteiger partial charge on any atom is -0.370 e. The molecule has 0 aromatic rings. The van der Waals surface area contributed by atoms with Gasteiger partial charge in [0.05, 0.1) is 0 Å². The largest absolute Gasteiger partial charge is 0.370 e. The minimum atomic E-state index is -0.263. The number of hydrogen-bond donors (Lipinski definition) is 2. The Labute approximate surface area is 114 Å². The van der Waals surface area contributed by atoms with Crippen molar-refractivity contribution in [2.75, 3.05) is 13.1 Å². The van der Waals surface area contributed by atoms with Crippen LogP contribution in [0.5, 0.6) is 0 Å². The first-order valence-electron chi connectivity index (χ1n) is 7.33. The average molecular weight is 267 g/mol. The lowest BCUT2D eigenvalue weighted by Gasteiger charge is -2.34. The van der Waals surface area contributed by atoms with Gasteiger partial charge in [0, 0.05) is 31.5 Å². The molecule has 1 aliphatic heterocycles. The summed E-state index contributed by atoms with van der Waals surface area (Å²) >= 11 is 0. The number of carbonyl (C=O) groups excluding carboxylic acids is 2. The van der Waals surface area contributed by atoms with Crippen molar-refractivity contribution in [3.05, 3.63) is 0 Å². The maximum atomic E-state index is 12.2. The third kappa shape index (κ3) is 3.93. The molecule has 0 spiro atoms. The lowest BCUT2D eigenvalue weighted by molar-refractivity contribution is -0.133. The van der Waals surface area contributed by atoms with Gasteiger partial charge < -0.3 is 16.4 Å². The van der Waals surface area contributed by atoms with E-state index < -0.39 is 0 Å². The molecule has 0 unspecified atom stereocenters. The van der Waals surface area contributed by atoms with E-state index in [2.05, 4.69) is 0 Å². The number of carbonyl (C=O) groups is 2. The fourth-order valence-electron chi connectivity index (χ4n) is 3.34. The van der Waals surface area contributed by atoms with Gasteiger partial charge >= 0.3 is 0 Å². The molecular formula is C14H25N3O2. The summed E-state index contributed by atoms with van der Waals surface area (Å²) in [4.78, 5) is 25.0. The zero-order chi connectivity index (χ0) is 13.9. The van der Waals surface area contributed by atoms with Crippen LogP contribution >= 0.6 is 0 Å². The van der Waals surface area contributed by atoms with Crippen LogP contribution in [0.2, 0.25) is 0 Å². The second kappa shape index (κ2) is 5.90. The molecule has 19 heavy (non-hydrogen) atoms. The summed E-state index contributed by atoms with van der Waals surface area (Å²) in [5.41, 5.74) is 11.2. The third-order valence-electron chi connectivity index (χ3n) is 4.56. The monoisotopic (exact) mass is 267 g/mol. The average Bonchev–Trinajstić information content (AvgIpc) is 2.75. The summed E-state index contributed by atoms with van der Waals surface area (Å²) in [6, 6.07) is 0. The Hall–Kier alpha value is -1.10. The molecule has 2 rings (SSSR count). The van der Waals surface area contributed by atoms with Crippen LogP contribution in [0.4, 0.5) is 0 Å². The molecule has 0 radical (unpaired) electrons. The summed E-state index contributed by atoms with van der Waals surface area (Å²) in [6.45, 7) is 1.49. The first-order valence-corrected chi connectivity index (χ1v) is 7.33. The van der Waals surface area contributed by atoms with E-state index in [1.807, 2.05) is 4.90 Å². The second-order valence-corrected chi connectivity index (χ2v) is 6.24. The first-order chi connectivity index (χ1) is 8.98. The molecule has 4 N–H and O–H groups in total. The highest BCUT2D eigenvalue weighted by Crippen LogP contribution is 2.31. The van der Waals surface area contributed by atoms with E-state index >= 15 is 0 Å². The summed E-state index contributed by atoms with van der Waals surface area (Å²) in [7, 11) is 0. The van der Waals surface area contributed by atoms with Gasteiger partial charge in [-0.25, -0.2) is 0 Å². The van der Waals surface area contributed by atoms with Crippen LogP contribution in [0.3, 0.4) is 0 Å². The Morgan fingerprint density at radius 2 is 1.74 bits per heavy atom. The number of rotatable bonds is 4. The van der Waals surface area contributed by atoms with Crippen LogP contribution in [0, 0.1) is 5.92 Å². The van der Waals surface area contributed by atoms with Crippen LogP contribution in [0.15, 0.2) is 0 Å². The highest BCUT2D eigenvalue weighted by Gasteiger charge is 2.34. The number of hydrogen-bond acceptors (Lipinski definition) is 3. The van der Waals surface area contributed by atoms with Crippen LogP contribution < -0.4 is 11.5 Å². The van der Waals surface area contributed by atoms with E-state index in [9.17, 15) is 9.59 Å². The minimum absolute atomic E-state index is 0.182. The summed E-state index contributed by atoms with van der Waals surface area (Å²) in [5.74, 6) is 0.290. The zero-order valence-electron chi connectivity index (χ0n) is 11.6. The van der Waals surface area contributed by atoms with Gasteiger partial charge in [0.15, 0.2) is 0 Å². The van der Waals surface area contributed by atoms with Crippen molar-refractivity contribution >= 4 is 11.8 Å². The van der Waals surface area contributed by atoms with E-state index in [0.29, 0.717) is 18.8 Å². The molecule has 1 saturated heterocycles. The second-order valence-electron chi connectivity index (χ2n) is 6.24. The molecule has 108 valence electrons. The Morgan fingerprint density at radius 1 is 1.16 bits per heavy atom. The number of primary amides is 1. The topological polar surface area (TPSA) is 89.4 Å². The highest BCUT2D eigenvalue weighted by molar-refractivity contribution is 5.77. The van der Waals surface area contributed by atoms with Gasteiger partial charge in [0.1, 0.15) is 0 Å². The van der Waals surface area contributed by atoms with Gasteiger partial charge in [-0.2, -0.15) is 0 Å². The third-order valence-corrected chi connectivity index (χ3v) is 4.56. The van der Waals surface area contributed by atoms with Crippen molar-refractivity contribution in [1.82, 2.24) is 4.90 Å². The van der Waals surface area contributed by atoms with E-state index in [4.69, 9.17) is 11.5 Å². The van der Waals surface area contributed by atoms with Crippen molar-refractivity contribution < 1.29 is 9.59 Å². The van der Waals surface area contributed by atoms with Gasteiger partial charge in [0.25, 0.3) is 0 Å². The van der Waals surface area contributed by atoms with E-state index in [0.717, 1.165) is 51.6 Å². The molecule has 5 nitrogen and oxygen atoms in total. The summed E-state index contributed by atoms with van der Waals surface area (Å²) < 4.78 is 0. The molecule has 2 aliphatic rings. The van der Waals surface area contributed by atoms with Crippen LogP contribution in [-0.2, 0) is 9.59 Å². The molecule has 0 bridgehead atoms. The Bertz CT molecular complexity index is 343. The normalized spacial score (nSPS) is 23.5. The summed E-state index contributed by atoms with van der Waals surface area (Å²) in [6.07, 6.45) is 6.91. The Morgan fingerprint density at radius 3 is 2.26 bits per heavy atom. The van der Waals surface area contributed by atoms with Gasteiger partial charge in [-0.1, -0.05) is 12.8 Å². The molecule has 0 aromatic heterocycles. The molecule has 1 saturated carbocycles. The molecule has 2 amide bonds. The Balaban J connectivity index is 1.77. The van der Waals surface area contributed by atoms with Crippen LogP contribution in [0.25, 0.3) is 0 Å². The van der Waals surface area contributed by atoms with E-state index in [1.165, 1.54) is 0 Å². The SMILES string of the molecule is NC(=O)CC1CCN(C(=O)CC2(N)CCCC2)CC1. The Kier molecular flexibility index (Phi) is 4.45. The van der Waals surface area contributed by atoms with Crippen molar-refractivity contribution in [1.29, 1.82) is 0 Å². The lowest BCUT2D eigenvalue weighted by atomic mass is 9.91. The van der Waals surface area contributed by atoms with Crippen molar-refractivity contribution in [2.45, 2.75) is 56.9 Å². The van der Waals surface area contributed by atoms with E-state index in [1.54, 1.807) is 0 Å². The molecule has 1 aliphatic carbocycles. The van der Waals surface area contributed by atoms with Crippen molar-refractivity contribution in [3.8, 4) is 0 Å². The van der Waals surface area contributed by atoms with Crippen LogP contribution in [0.1, 0.15) is 51.4 Å². The molecule has 2 fully saturated rings. The van der Waals surface area contributed by atoms with Gasteiger partial charge in [-0.15, -0.1) is 0 Å². The highest BCUT2D eigenvalue weighted by atomic mass is 16.2. The number of amides is 2. The molecular weight excluding hydrogens is 242 g/mol. The van der Waals surface area contributed by atoms with Gasteiger partial charge in [-0.05, 0) is 31.6 Å². The maximum Gasteiger partial charge on any atom is 0.224 e. The molecule has 0 aromatic carbocycles. The molecule has 1 heterocycles. The van der Waals surface area contributed by atoms with Crippen LogP contribution in [-0.4, -0.2) is 35.3 Å². The van der Waals surface area contributed by atoms with Gasteiger partial charge in [0.2, 0.25) is 11.8 Å². The smallest absolute Gasteiger partial charge is 0.224 e. The quantitative estimate of drug-likeness (QED) is 0.788. The number of nitrogens with two attached hydrogens (primary N) is 2. The predicted octanol–water partition coefficient (Wildman–Crippen LogP) is 0.762. The fraction of sp³-hybridized carbons (Fsp3) is 0.857. The van der Waals surface area contributed by atoms with E-state index in [-0.39, 0.29) is 17.4 Å².